The predicted molar refractivity (Wildman–Crippen MR) is 28.6 cm³/mol. The van der Waals surface area contributed by atoms with Gasteiger partial charge in [-0.25, -0.2) is 0 Å². The molecule has 0 rings (SSSR count). The van der Waals surface area contributed by atoms with Crippen LogP contribution in [0.15, 0.2) is 3.88 Å². The highest BCUT2D eigenvalue weighted by Crippen LogP contribution is 1.60. The van der Waals surface area contributed by atoms with E-state index in [0.717, 1.165) is 7.05 Å². The Kier molecular flexibility index (Phi) is 13.0. The molecule has 0 unspecified atom stereocenters. The van der Waals surface area contributed by atoms with Crippen molar-refractivity contribution in [2.24, 2.45) is 3.88 Å². The number of hydrogen-bond donors (Lipinski definition) is 0. The van der Waals surface area contributed by atoms with Gasteiger partial charge in [0.15, 0.2) is 7.05 Å². The van der Waals surface area contributed by atoms with Crippen LogP contribution in [-0.2, 0) is 12.4 Å². The van der Waals surface area contributed by atoms with Crippen molar-refractivity contribution in [1.29, 1.82) is 0 Å². The summed E-state index contributed by atoms with van der Waals surface area (Å²) < 4.78 is 2.56. The van der Waals surface area contributed by atoms with Crippen LogP contribution in [0.3, 0.4) is 0 Å². The number of nitro groups is 1. The van der Waals surface area contributed by atoms with E-state index in [0.29, 0.717) is 0 Å². The van der Waals surface area contributed by atoms with E-state index in [-0.39, 0.29) is 0 Å². The molecular weight excluding hydrogens is 140 g/mol. The first-order chi connectivity index (χ1) is 3.15. The molecule has 4 nitrogen and oxygen atoms in total. The van der Waals surface area contributed by atoms with Gasteiger partial charge in [-0.2, -0.15) is 0 Å². The Hall–Kier alpha value is -0.290. The molecule has 7 heavy (non-hydrogen) atoms. The Morgan fingerprint density at radius 2 is 2.00 bits per heavy atom. The SMILES string of the molecule is C[N+](=O)[O-].S=NCl. The maximum atomic E-state index is 8.81. The van der Waals surface area contributed by atoms with Gasteiger partial charge in [-0.1, -0.05) is 0 Å². The Morgan fingerprint density at radius 3 is 2.00 bits per heavy atom. The fourth-order valence-corrected chi connectivity index (χ4v) is 0. The Labute approximate surface area is 50.9 Å². The Balaban J connectivity index is 0. The highest BCUT2D eigenvalue weighted by atomic mass is 35.5. The van der Waals surface area contributed by atoms with Crippen molar-refractivity contribution in [2.75, 3.05) is 7.05 Å². The molecule has 0 aliphatic carbocycles. The van der Waals surface area contributed by atoms with Crippen molar-refractivity contribution in [1.82, 2.24) is 0 Å². The van der Waals surface area contributed by atoms with Gasteiger partial charge in [0.05, 0.1) is 24.2 Å². The summed E-state index contributed by atoms with van der Waals surface area (Å²) >= 11 is 8.22. The summed E-state index contributed by atoms with van der Waals surface area (Å²) in [7, 11) is 0.889. The third-order valence-corrected chi connectivity index (χ3v) is 0. The number of halogens is 1. The monoisotopic (exact) mass is 142 g/mol. The molecule has 0 aliphatic heterocycles. The molecule has 42 valence electrons. The summed E-state index contributed by atoms with van der Waals surface area (Å²) in [4.78, 5) is 8.31. The average Bonchev–Trinajstić information content (AvgIpc) is 1.33. The van der Waals surface area contributed by atoms with Gasteiger partial charge < -0.3 is 0 Å². The van der Waals surface area contributed by atoms with Crippen LogP contribution in [0.25, 0.3) is 0 Å². The van der Waals surface area contributed by atoms with E-state index in [4.69, 9.17) is 10.1 Å². The molecule has 0 saturated heterocycles. The van der Waals surface area contributed by atoms with Crippen molar-refractivity contribution >= 4 is 24.2 Å². The molecule has 0 aromatic heterocycles. The standard InChI is InChI=1S/CH3NO2.ClNS/c1-2(3)4;1-2-3/h1H3;. The lowest BCUT2D eigenvalue weighted by atomic mass is 11.5. The molecular formula is CH3ClN2O2S. The Morgan fingerprint density at radius 1 is 2.00 bits per heavy atom. The molecule has 0 spiro atoms. The summed E-state index contributed by atoms with van der Waals surface area (Å²) in [5.74, 6) is 0. The van der Waals surface area contributed by atoms with E-state index in [1.54, 1.807) is 0 Å². The second kappa shape index (κ2) is 9.20. The minimum Gasteiger partial charge on any atom is -0.265 e. The van der Waals surface area contributed by atoms with Gasteiger partial charge in [0.1, 0.15) is 0 Å². The molecule has 0 aromatic rings. The lowest BCUT2D eigenvalue weighted by Gasteiger charge is -1.63. The quantitative estimate of drug-likeness (QED) is 0.371. The fraction of sp³-hybridized carbons (Fsp3) is 1.00. The summed E-state index contributed by atoms with van der Waals surface area (Å²) in [6, 6.07) is 0. The molecule has 0 bridgehead atoms. The highest BCUT2D eigenvalue weighted by molar-refractivity contribution is 7.48. The molecule has 0 amide bonds. The van der Waals surface area contributed by atoms with Crippen LogP contribution in [0, 0.1) is 10.1 Å². The minimum absolute atomic E-state index is 0.500. The van der Waals surface area contributed by atoms with Gasteiger partial charge in [-0.15, -0.1) is 3.88 Å². The van der Waals surface area contributed by atoms with E-state index in [1.807, 2.05) is 0 Å². The zero-order chi connectivity index (χ0) is 6.28. The normalized spacial score (nSPS) is 5.43. The van der Waals surface area contributed by atoms with E-state index >= 15 is 0 Å². The summed E-state index contributed by atoms with van der Waals surface area (Å²) in [5.41, 5.74) is 0. The topological polar surface area (TPSA) is 55.5 Å². The second-order valence-electron chi connectivity index (χ2n) is 0.509. The molecule has 6 heteroatoms. The maximum absolute atomic E-state index is 8.81. The first-order valence-corrected chi connectivity index (χ1v) is 1.87. The van der Waals surface area contributed by atoms with E-state index in [1.165, 1.54) is 0 Å². The van der Waals surface area contributed by atoms with Crippen molar-refractivity contribution in [2.45, 2.75) is 0 Å². The van der Waals surface area contributed by atoms with E-state index in [2.05, 4.69) is 28.1 Å². The van der Waals surface area contributed by atoms with Crippen LogP contribution in [0.1, 0.15) is 0 Å². The number of nitrogens with zero attached hydrogens (tertiary/aromatic N) is 2. The smallest absolute Gasteiger partial charge is 0.194 e. The van der Waals surface area contributed by atoms with Crippen LogP contribution in [0.5, 0.6) is 0 Å². The molecule has 0 atom stereocenters. The fourth-order valence-electron chi connectivity index (χ4n) is 0. The summed E-state index contributed by atoms with van der Waals surface area (Å²) in [6.07, 6.45) is 0. The first-order valence-electron chi connectivity index (χ1n) is 1.16. The molecule has 0 heterocycles. The Bertz CT molecular complexity index is 62.7. The largest absolute Gasteiger partial charge is 0.265 e. The number of hydrogen-bond acceptors (Lipinski definition) is 4. The van der Waals surface area contributed by atoms with E-state index in [9.17, 15) is 0 Å². The number of rotatable bonds is 0. The third-order valence-electron chi connectivity index (χ3n) is 0. The summed E-state index contributed by atoms with van der Waals surface area (Å²) in [6.45, 7) is 0. The zero-order valence-electron chi connectivity index (χ0n) is 3.50. The van der Waals surface area contributed by atoms with Crippen LogP contribution >= 0.6 is 11.8 Å². The minimum atomic E-state index is -0.500. The molecule has 0 saturated carbocycles. The molecule has 0 N–H and O–H groups in total. The van der Waals surface area contributed by atoms with Crippen molar-refractivity contribution in [3.05, 3.63) is 10.1 Å². The van der Waals surface area contributed by atoms with Gasteiger partial charge in [0.25, 0.3) is 0 Å². The van der Waals surface area contributed by atoms with Gasteiger partial charge in [-0.05, 0) is 0 Å². The maximum Gasteiger partial charge on any atom is 0.194 e. The van der Waals surface area contributed by atoms with Crippen LogP contribution in [0.2, 0.25) is 0 Å². The lowest BCUT2D eigenvalue weighted by Crippen LogP contribution is -1.79. The van der Waals surface area contributed by atoms with Crippen LogP contribution in [-0.4, -0.2) is 12.0 Å². The van der Waals surface area contributed by atoms with Crippen molar-refractivity contribution < 1.29 is 4.92 Å². The average molecular weight is 143 g/mol. The molecule has 0 radical (unpaired) electrons. The van der Waals surface area contributed by atoms with Crippen LogP contribution < -0.4 is 0 Å². The summed E-state index contributed by atoms with van der Waals surface area (Å²) in [5, 5.41) is 8.81. The highest BCUT2D eigenvalue weighted by Gasteiger charge is 1.57. The van der Waals surface area contributed by atoms with Gasteiger partial charge >= 0.3 is 0 Å². The van der Waals surface area contributed by atoms with Gasteiger partial charge in [0, 0.05) is 4.92 Å². The van der Waals surface area contributed by atoms with E-state index < -0.39 is 4.92 Å². The van der Waals surface area contributed by atoms with Crippen molar-refractivity contribution in [3.8, 4) is 0 Å². The molecule has 0 aliphatic rings. The lowest BCUT2D eigenvalue weighted by molar-refractivity contribution is -0.445. The first kappa shape index (κ1) is 9.86. The second-order valence-corrected chi connectivity index (χ2v) is 1.06. The van der Waals surface area contributed by atoms with Gasteiger partial charge in [0.2, 0.25) is 0 Å². The molecule has 0 aromatic carbocycles. The van der Waals surface area contributed by atoms with Gasteiger partial charge in [-0.3, -0.25) is 10.1 Å². The zero-order valence-corrected chi connectivity index (χ0v) is 5.07. The predicted octanol–water partition coefficient (Wildman–Crippen LogP) is 0.764. The molecule has 0 fully saturated rings. The van der Waals surface area contributed by atoms with Crippen molar-refractivity contribution in [3.63, 3.8) is 0 Å². The third kappa shape index (κ3) is 935. The van der Waals surface area contributed by atoms with Crippen LogP contribution in [0.4, 0.5) is 0 Å².